The van der Waals surface area contributed by atoms with Gasteiger partial charge in [-0.15, -0.1) is 0 Å². The maximum absolute atomic E-state index is 13.8. The van der Waals surface area contributed by atoms with E-state index in [4.69, 9.17) is 5.73 Å². The van der Waals surface area contributed by atoms with E-state index in [9.17, 15) is 19.5 Å². The molecule has 0 spiro atoms. The number of hydrogen-bond acceptors (Lipinski definition) is 4. The van der Waals surface area contributed by atoms with Gasteiger partial charge in [0.2, 0.25) is 5.91 Å². The quantitative estimate of drug-likeness (QED) is 0.526. The fourth-order valence-electron chi connectivity index (χ4n) is 3.84. The number of benzene rings is 2. The highest BCUT2D eigenvalue weighted by Gasteiger charge is 2.34. The average molecular weight is 466 g/mol. The van der Waals surface area contributed by atoms with Crippen LogP contribution in [0.3, 0.4) is 0 Å². The van der Waals surface area contributed by atoms with Crippen LogP contribution in [0.15, 0.2) is 36.4 Å². The Balaban J connectivity index is 2.08. The maximum atomic E-state index is 13.8. The first-order valence-corrected chi connectivity index (χ1v) is 11.8. The van der Waals surface area contributed by atoms with Crippen LogP contribution in [-0.4, -0.2) is 53.5 Å². The Labute approximate surface area is 201 Å². The number of primary amides is 1. The van der Waals surface area contributed by atoms with Gasteiger partial charge in [0.1, 0.15) is 0 Å². The molecule has 0 aliphatic heterocycles. The van der Waals surface area contributed by atoms with Crippen molar-refractivity contribution in [3.05, 3.63) is 58.7 Å². The van der Waals surface area contributed by atoms with Crippen molar-refractivity contribution in [3.8, 4) is 11.1 Å². The van der Waals surface area contributed by atoms with Crippen molar-refractivity contribution in [2.75, 3.05) is 19.7 Å². The van der Waals surface area contributed by atoms with Crippen molar-refractivity contribution in [2.45, 2.75) is 53.0 Å². The standard InChI is InChI=1S/C27H35N3O4/c1-17-6-7-18(24(28)32)14-22(17)21-11-8-19(25(33)29-16-27(2,3)4)15-23(21)26(34)30(12-5-13-31)20-9-10-20/h6-8,11,14-15,20,31H,5,9-10,12-13,16H2,1-4H3,(H2,28,32)(H,29,33). The number of nitrogens with zero attached hydrogens (tertiary/aromatic N) is 1. The molecule has 0 heterocycles. The number of aliphatic hydroxyl groups is 1. The lowest BCUT2D eigenvalue weighted by molar-refractivity contribution is 0.0732. The zero-order chi connectivity index (χ0) is 25.0. The second-order valence-electron chi connectivity index (χ2n) is 10.2. The fourth-order valence-corrected chi connectivity index (χ4v) is 3.84. The summed E-state index contributed by atoms with van der Waals surface area (Å²) in [6.07, 6.45) is 2.34. The summed E-state index contributed by atoms with van der Waals surface area (Å²) in [5, 5.41) is 12.3. The molecule has 7 heteroatoms. The summed E-state index contributed by atoms with van der Waals surface area (Å²) in [5.41, 5.74) is 8.83. The smallest absolute Gasteiger partial charge is 0.254 e. The van der Waals surface area contributed by atoms with E-state index < -0.39 is 5.91 Å². The summed E-state index contributed by atoms with van der Waals surface area (Å²) >= 11 is 0. The van der Waals surface area contributed by atoms with Gasteiger partial charge in [-0.2, -0.15) is 0 Å². The predicted molar refractivity (Wildman–Crippen MR) is 133 cm³/mol. The number of hydrogen-bond donors (Lipinski definition) is 3. The van der Waals surface area contributed by atoms with Crippen LogP contribution in [0, 0.1) is 12.3 Å². The second kappa shape index (κ2) is 10.4. The zero-order valence-electron chi connectivity index (χ0n) is 20.5. The van der Waals surface area contributed by atoms with Crippen LogP contribution in [0.1, 0.15) is 76.7 Å². The number of aryl methyl sites for hydroxylation is 1. The van der Waals surface area contributed by atoms with Crippen molar-refractivity contribution < 1.29 is 19.5 Å². The Hall–Kier alpha value is -3.19. The van der Waals surface area contributed by atoms with Crippen molar-refractivity contribution in [1.82, 2.24) is 10.2 Å². The van der Waals surface area contributed by atoms with Crippen LogP contribution in [0.4, 0.5) is 0 Å². The highest BCUT2D eigenvalue weighted by molar-refractivity contribution is 6.05. The van der Waals surface area contributed by atoms with E-state index in [2.05, 4.69) is 5.32 Å². The Bertz CT molecular complexity index is 1080. The van der Waals surface area contributed by atoms with E-state index in [-0.39, 0.29) is 29.9 Å². The van der Waals surface area contributed by atoms with Gasteiger partial charge in [0, 0.05) is 42.4 Å². The molecule has 7 nitrogen and oxygen atoms in total. The normalized spacial score (nSPS) is 13.4. The van der Waals surface area contributed by atoms with Crippen LogP contribution in [0.25, 0.3) is 11.1 Å². The number of carbonyl (C=O) groups excluding carboxylic acids is 3. The lowest BCUT2D eigenvalue weighted by atomic mass is 9.91. The molecule has 1 aliphatic carbocycles. The monoisotopic (exact) mass is 465 g/mol. The van der Waals surface area contributed by atoms with Crippen LogP contribution < -0.4 is 11.1 Å². The van der Waals surface area contributed by atoms with Crippen molar-refractivity contribution in [1.29, 1.82) is 0 Å². The fraction of sp³-hybridized carbons (Fsp3) is 0.444. The third-order valence-corrected chi connectivity index (χ3v) is 5.91. The summed E-state index contributed by atoms with van der Waals surface area (Å²) in [6.45, 7) is 8.96. The lowest BCUT2D eigenvalue weighted by Gasteiger charge is -2.24. The van der Waals surface area contributed by atoms with Gasteiger partial charge in [-0.3, -0.25) is 14.4 Å². The highest BCUT2D eigenvalue weighted by atomic mass is 16.3. The maximum Gasteiger partial charge on any atom is 0.254 e. The van der Waals surface area contributed by atoms with Gasteiger partial charge in [-0.05, 0) is 72.6 Å². The largest absolute Gasteiger partial charge is 0.396 e. The Kier molecular flexibility index (Phi) is 7.77. The lowest BCUT2D eigenvalue weighted by Crippen LogP contribution is -2.35. The van der Waals surface area contributed by atoms with Gasteiger partial charge in [0.15, 0.2) is 0 Å². The second-order valence-corrected chi connectivity index (χ2v) is 10.2. The highest BCUT2D eigenvalue weighted by Crippen LogP contribution is 2.33. The minimum Gasteiger partial charge on any atom is -0.396 e. The van der Waals surface area contributed by atoms with Crippen LogP contribution in [-0.2, 0) is 0 Å². The number of nitrogens with one attached hydrogen (secondary N) is 1. The van der Waals surface area contributed by atoms with E-state index >= 15 is 0 Å². The molecule has 2 aromatic carbocycles. The SMILES string of the molecule is Cc1ccc(C(N)=O)cc1-c1ccc(C(=O)NCC(C)(C)C)cc1C(=O)N(CCCO)C1CC1. The van der Waals surface area contributed by atoms with E-state index in [0.717, 1.165) is 24.0 Å². The van der Waals surface area contributed by atoms with Gasteiger partial charge in [0.05, 0.1) is 0 Å². The zero-order valence-corrected chi connectivity index (χ0v) is 20.5. The molecule has 1 aliphatic rings. The number of rotatable bonds is 9. The van der Waals surface area contributed by atoms with Crippen molar-refractivity contribution >= 4 is 17.7 Å². The molecule has 0 atom stereocenters. The van der Waals surface area contributed by atoms with Gasteiger partial charge in [0.25, 0.3) is 11.8 Å². The van der Waals surface area contributed by atoms with E-state index in [1.54, 1.807) is 41.3 Å². The number of aliphatic hydroxyl groups excluding tert-OH is 1. The molecular formula is C27H35N3O4. The topological polar surface area (TPSA) is 113 Å². The van der Waals surface area contributed by atoms with Crippen molar-refractivity contribution in [2.24, 2.45) is 11.1 Å². The van der Waals surface area contributed by atoms with E-state index in [1.165, 1.54) is 0 Å². The molecule has 0 aromatic heterocycles. The van der Waals surface area contributed by atoms with E-state index in [0.29, 0.717) is 41.8 Å². The molecule has 3 amide bonds. The molecule has 2 aromatic rings. The Morgan fingerprint density at radius 2 is 1.74 bits per heavy atom. The molecule has 34 heavy (non-hydrogen) atoms. The minimum atomic E-state index is -0.546. The van der Waals surface area contributed by atoms with Gasteiger partial charge >= 0.3 is 0 Å². The first kappa shape index (κ1) is 25.4. The molecule has 1 saturated carbocycles. The number of carbonyl (C=O) groups is 3. The van der Waals surface area contributed by atoms with Crippen LogP contribution in [0.2, 0.25) is 0 Å². The van der Waals surface area contributed by atoms with E-state index in [1.807, 2.05) is 27.7 Å². The summed E-state index contributed by atoms with van der Waals surface area (Å²) in [6, 6.07) is 10.4. The Morgan fingerprint density at radius 1 is 1.06 bits per heavy atom. The summed E-state index contributed by atoms with van der Waals surface area (Å²) in [4.78, 5) is 40.2. The molecule has 0 bridgehead atoms. The van der Waals surface area contributed by atoms with Gasteiger partial charge < -0.3 is 21.1 Å². The number of nitrogens with two attached hydrogens (primary N) is 1. The molecule has 182 valence electrons. The molecule has 0 saturated heterocycles. The minimum absolute atomic E-state index is 0.00162. The molecule has 0 unspecified atom stereocenters. The van der Waals surface area contributed by atoms with Gasteiger partial charge in [-0.25, -0.2) is 0 Å². The predicted octanol–water partition coefficient (Wildman–Crippen LogP) is 3.52. The molecular weight excluding hydrogens is 430 g/mol. The summed E-state index contributed by atoms with van der Waals surface area (Å²) < 4.78 is 0. The average Bonchev–Trinajstić information content (AvgIpc) is 3.62. The van der Waals surface area contributed by atoms with Gasteiger partial charge in [-0.1, -0.05) is 32.9 Å². The molecule has 3 rings (SSSR count). The summed E-state index contributed by atoms with van der Waals surface area (Å²) in [7, 11) is 0. The molecule has 0 radical (unpaired) electrons. The van der Waals surface area contributed by atoms with Crippen LogP contribution >= 0.6 is 0 Å². The first-order valence-electron chi connectivity index (χ1n) is 11.8. The van der Waals surface area contributed by atoms with Crippen LogP contribution in [0.5, 0.6) is 0 Å². The van der Waals surface area contributed by atoms with Crippen molar-refractivity contribution in [3.63, 3.8) is 0 Å². The summed E-state index contributed by atoms with van der Waals surface area (Å²) in [5.74, 6) is -0.971. The Morgan fingerprint density at radius 3 is 2.32 bits per heavy atom. The third-order valence-electron chi connectivity index (χ3n) is 5.91. The number of amides is 3. The first-order chi connectivity index (χ1) is 16.0. The third kappa shape index (κ3) is 6.23. The molecule has 1 fully saturated rings. The molecule has 4 N–H and O–H groups in total.